The van der Waals surface area contributed by atoms with Crippen LogP contribution in [0.5, 0.6) is 0 Å². The molecule has 0 spiro atoms. The molecule has 0 aliphatic rings. The number of hydrogen-bond acceptors (Lipinski definition) is 5. The van der Waals surface area contributed by atoms with Gasteiger partial charge in [-0.05, 0) is 27.0 Å². The number of sulfonamides is 1. The summed E-state index contributed by atoms with van der Waals surface area (Å²) in [5.74, 6) is 1.05. The molecule has 5 nitrogen and oxygen atoms in total. The molecule has 0 aromatic carbocycles. The SMILES string of the molecule is CSC(C)(C)CNS(=O)(=O)c1cc(CNC(C)C)oc1C. The fourth-order valence-corrected chi connectivity index (χ4v) is 3.32. The summed E-state index contributed by atoms with van der Waals surface area (Å²) in [6.07, 6.45) is 1.97. The maximum Gasteiger partial charge on any atom is 0.244 e. The molecule has 0 unspecified atom stereocenters. The van der Waals surface area contributed by atoms with Crippen molar-refractivity contribution in [2.75, 3.05) is 12.8 Å². The molecule has 7 heteroatoms. The Bertz CT molecular complexity index is 563. The molecule has 0 radical (unpaired) electrons. The molecule has 0 aliphatic carbocycles. The van der Waals surface area contributed by atoms with Crippen LogP contribution in [0.4, 0.5) is 0 Å². The standard InChI is InChI=1S/C14H26N2O3S2/c1-10(2)15-8-12-7-13(11(3)19-12)21(17,18)16-9-14(4,5)20-6/h7,10,15-16H,8-9H2,1-6H3. The minimum atomic E-state index is -3.54. The molecule has 1 aromatic rings. The second kappa shape index (κ2) is 7.17. The van der Waals surface area contributed by atoms with Gasteiger partial charge in [0, 0.05) is 23.4 Å². The number of thioether (sulfide) groups is 1. The largest absolute Gasteiger partial charge is 0.464 e. The van der Waals surface area contributed by atoms with Gasteiger partial charge in [0.1, 0.15) is 16.4 Å². The highest BCUT2D eigenvalue weighted by molar-refractivity contribution is 8.00. The molecule has 0 atom stereocenters. The van der Waals surface area contributed by atoms with Gasteiger partial charge in [0.25, 0.3) is 0 Å². The molecule has 1 heterocycles. The fourth-order valence-electron chi connectivity index (χ4n) is 1.60. The zero-order chi connectivity index (χ0) is 16.3. The van der Waals surface area contributed by atoms with Crippen LogP contribution >= 0.6 is 11.8 Å². The molecular formula is C14H26N2O3S2. The summed E-state index contributed by atoms with van der Waals surface area (Å²) in [5, 5.41) is 3.21. The zero-order valence-electron chi connectivity index (χ0n) is 13.6. The van der Waals surface area contributed by atoms with Crippen molar-refractivity contribution in [3.8, 4) is 0 Å². The Hall–Kier alpha value is -0.500. The lowest BCUT2D eigenvalue weighted by molar-refractivity contribution is 0.444. The minimum Gasteiger partial charge on any atom is -0.464 e. The van der Waals surface area contributed by atoms with Crippen molar-refractivity contribution < 1.29 is 12.8 Å². The lowest BCUT2D eigenvalue weighted by Crippen LogP contribution is -2.36. The van der Waals surface area contributed by atoms with Gasteiger partial charge in [-0.25, -0.2) is 13.1 Å². The van der Waals surface area contributed by atoms with Crippen LogP contribution in [-0.4, -0.2) is 32.0 Å². The third-order valence-corrected chi connectivity index (χ3v) is 5.90. The van der Waals surface area contributed by atoms with Gasteiger partial charge >= 0.3 is 0 Å². The topological polar surface area (TPSA) is 71.3 Å². The Kier molecular flexibility index (Phi) is 6.34. The summed E-state index contributed by atoms with van der Waals surface area (Å²) in [6.45, 7) is 10.6. The Morgan fingerprint density at radius 2 is 2.00 bits per heavy atom. The molecule has 0 saturated carbocycles. The number of furan rings is 1. The molecular weight excluding hydrogens is 308 g/mol. The van der Waals surface area contributed by atoms with E-state index in [-0.39, 0.29) is 9.64 Å². The van der Waals surface area contributed by atoms with Gasteiger partial charge in [-0.2, -0.15) is 11.8 Å². The van der Waals surface area contributed by atoms with Crippen LogP contribution in [0.2, 0.25) is 0 Å². The molecule has 21 heavy (non-hydrogen) atoms. The molecule has 0 bridgehead atoms. The van der Waals surface area contributed by atoms with Crippen molar-refractivity contribution in [2.24, 2.45) is 0 Å². The van der Waals surface area contributed by atoms with Crippen LogP contribution in [0.25, 0.3) is 0 Å². The lowest BCUT2D eigenvalue weighted by Gasteiger charge is -2.21. The summed E-state index contributed by atoms with van der Waals surface area (Å²) >= 11 is 1.62. The van der Waals surface area contributed by atoms with Gasteiger partial charge in [-0.3, -0.25) is 0 Å². The Labute approximate surface area is 132 Å². The number of rotatable bonds is 8. The molecule has 1 rings (SSSR count). The highest BCUT2D eigenvalue weighted by Crippen LogP contribution is 2.23. The fraction of sp³-hybridized carbons (Fsp3) is 0.714. The van der Waals surface area contributed by atoms with Crippen molar-refractivity contribution in [3.63, 3.8) is 0 Å². The van der Waals surface area contributed by atoms with Crippen molar-refractivity contribution >= 4 is 21.8 Å². The quantitative estimate of drug-likeness (QED) is 0.764. The average molecular weight is 335 g/mol. The van der Waals surface area contributed by atoms with Crippen LogP contribution < -0.4 is 10.0 Å². The predicted molar refractivity (Wildman–Crippen MR) is 88.2 cm³/mol. The first-order valence-corrected chi connectivity index (χ1v) is 9.66. The van der Waals surface area contributed by atoms with Gasteiger partial charge in [0.05, 0.1) is 6.54 Å². The van der Waals surface area contributed by atoms with Gasteiger partial charge in [0.2, 0.25) is 10.0 Å². The van der Waals surface area contributed by atoms with E-state index < -0.39 is 10.0 Å². The van der Waals surface area contributed by atoms with Gasteiger partial charge < -0.3 is 9.73 Å². The molecule has 0 aliphatic heterocycles. The molecule has 0 saturated heterocycles. The molecule has 0 fully saturated rings. The molecule has 122 valence electrons. The van der Waals surface area contributed by atoms with Crippen LogP contribution in [0.15, 0.2) is 15.4 Å². The smallest absolute Gasteiger partial charge is 0.244 e. The number of nitrogens with one attached hydrogen (secondary N) is 2. The summed E-state index contributed by atoms with van der Waals surface area (Å²) in [4.78, 5) is 0.222. The van der Waals surface area contributed by atoms with E-state index in [0.29, 0.717) is 30.7 Å². The molecule has 0 amide bonds. The molecule has 1 aromatic heterocycles. The summed E-state index contributed by atoms with van der Waals surface area (Å²) in [6, 6.07) is 1.91. The third kappa shape index (κ3) is 5.65. The van der Waals surface area contributed by atoms with Gasteiger partial charge in [-0.15, -0.1) is 0 Å². The van der Waals surface area contributed by atoms with Crippen LogP contribution in [0, 0.1) is 6.92 Å². The Morgan fingerprint density at radius 1 is 1.38 bits per heavy atom. The van der Waals surface area contributed by atoms with Crippen LogP contribution in [-0.2, 0) is 16.6 Å². The second-order valence-electron chi connectivity index (χ2n) is 5.96. The second-order valence-corrected chi connectivity index (χ2v) is 9.21. The maximum atomic E-state index is 12.4. The normalized spacial score (nSPS) is 13.1. The van der Waals surface area contributed by atoms with E-state index in [2.05, 4.69) is 10.0 Å². The van der Waals surface area contributed by atoms with Crippen molar-refractivity contribution in [1.82, 2.24) is 10.0 Å². The Balaban J connectivity index is 2.84. The van der Waals surface area contributed by atoms with E-state index in [9.17, 15) is 8.42 Å². The van der Waals surface area contributed by atoms with E-state index in [0.717, 1.165) is 0 Å². The highest BCUT2D eigenvalue weighted by Gasteiger charge is 2.25. The number of aryl methyl sites for hydroxylation is 1. The maximum absolute atomic E-state index is 12.4. The van der Waals surface area contributed by atoms with E-state index in [1.54, 1.807) is 24.8 Å². The van der Waals surface area contributed by atoms with E-state index >= 15 is 0 Å². The highest BCUT2D eigenvalue weighted by atomic mass is 32.2. The zero-order valence-corrected chi connectivity index (χ0v) is 15.2. The number of hydrogen-bond donors (Lipinski definition) is 2. The van der Waals surface area contributed by atoms with E-state index in [4.69, 9.17) is 4.42 Å². The van der Waals surface area contributed by atoms with Crippen molar-refractivity contribution in [2.45, 2.75) is 56.8 Å². The third-order valence-electron chi connectivity index (χ3n) is 3.14. The van der Waals surface area contributed by atoms with E-state index in [1.807, 2.05) is 34.0 Å². The minimum absolute atomic E-state index is 0.146. The Morgan fingerprint density at radius 3 is 2.52 bits per heavy atom. The summed E-state index contributed by atoms with van der Waals surface area (Å²) in [7, 11) is -3.54. The first kappa shape index (κ1) is 18.5. The van der Waals surface area contributed by atoms with Crippen LogP contribution in [0.1, 0.15) is 39.2 Å². The first-order chi connectivity index (χ1) is 9.57. The summed E-state index contributed by atoms with van der Waals surface area (Å²) < 4.78 is 32.8. The van der Waals surface area contributed by atoms with Crippen molar-refractivity contribution in [1.29, 1.82) is 0 Å². The van der Waals surface area contributed by atoms with Crippen LogP contribution in [0.3, 0.4) is 0 Å². The molecule has 2 N–H and O–H groups in total. The predicted octanol–water partition coefficient (Wildman–Crippen LogP) is 2.51. The first-order valence-electron chi connectivity index (χ1n) is 6.95. The van der Waals surface area contributed by atoms with Crippen molar-refractivity contribution in [3.05, 3.63) is 17.6 Å². The van der Waals surface area contributed by atoms with E-state index in [1.165, 1.54) is 0 Å². The lowest BCUT2D eigenvalue weighted by atomic mass is 10.2. The van der Waals surface area contributed by atoms with Gasteiger partial charge in [-0.1, -0.05) is 13.8 Å². The monoisotopic (exact) mass is 334 g/mol. The van der Waals surface area contributed by atoms with Gasteiger partial charge in [0.15, 0.2) is 0 Å². The average Bonchev–Trinajstić information content (AvgIpc) is 2.76. The summed E-state index contributed by atoms with van der Waals surface area (Å²) in [5.41, 5.74) is 0.